The molecule has 0 saturated carbocycles. The van der Waals surface area contributed by atoms with Crippen molar-refractivity contribution in [3.05, 3.63) is 117 Å². The molecule has 7 heteroatoms. The predicted octanol–water partition coefficient (Wildman–Crippen LogP) is 5.82. The molecule has 1 amide bonds. The zero-order valence-electron chi connectivity index (χ0n) is 25.5. The van der Waals surface area contributed by atoms with E-state index in [0.717, 1.165) is 30.8 Å². The lowest BCUT2D eigenvalue weighted by Crippen LogP contribution is -2.44. The van der Waals surface area contributed by atoms with Crippen LogP contribution in [0.1, 0.15) is 78.2 Å². The molecule has 222 valence electrons. The van der Waals surface area contributed by atoms with Crippen LogP contribution in [-0.2, 0) is 29.0 Å². The van der Waals surface area contributed by atoms with Gasteiger partial charge in [0.1, 0.15) is 0 Å². The number of allylic oxidation sites excluding steroid dienone is 4. The molecule has 1 fully saturated rings. The highest BCUT2D eigenvalue weighted by Gasteiger charge is 2.25. The van der Waals surface area contributed by atoms with Gasteiger partial charge in [0, 0.05) is 43.5 Å². The van der Waals surface area contributed by atoms with Crippen LogP contribution in [0.15, 0.2) is 83.9 Å². The van der Waals surface area contributed by atoms with E-state index < -0.39 is 0 Å². The average Bonchev–Trinajstić information content (AvgIpc) is 3.61. The number of morpholine rings is 1. The van der Waals surface area contributed by atoms with E-state index in [1.165, 1.54) is 22.3 Å². The third-order valence-corrected chi connectivity index (χ3v) is 8.42. The van der Waals surface area contributed by atoms with Crippen molar-refractivity contribution in [2.75, 3.05) is 13.1 Å². The number of ketones is 1. The first-order valence-corrected chi connectivity index (χ1v) is 15.3. The molecule has 3 aromatic rings. The molecule has 2 aromatic carbocycles. The highest BCUT2D eigenvalue weighted by Crippen LogP contribution is 2.33. The van der Waals surface area contributed by atoms with Gasteiger partial charge in [-0.1, -0.05) is 68.5 Å². The summed E-state index contributed by atoms with van der Waals surface area (Å²) in [6, 6.07) is 15.1. The number of hydrogen-bond donors (Lipinski definition) is 1. The van der Waals surface area contributed by atoms with Crippen molar-refractivity contribution in [2.45, 2.75) is 71.8 Å². The Bertz CT molecular complexity index is 1620. The predicted molar refractivity (Wildman–Crippen MR) is 169 cm³/mol. The Morgan fingerprint density at radius 2 is 1.77 bits per heavy atom. The van der Waals surface area contributed by atoms with Crippen LogP contribution < -0.4 is 5.32 Å². The van der Waals surface area contributed by atoms with E-state index in [4.69, 9.17) is 4.74 Å². The van der Waals surface area contributed by atoms with Gasteiger partial charge in [0.2, 0.25) is 0 Å². The number of benzene rings is 2. The number of nitrogens with one attached hydrogen (secondary N) is 1. The topological polar surface area (TPSA) is 76.5 Å². The second kappa shape index (κ2) is 12.3. The number of fused-ring (bicyclic) bond motifs is 1. The lowest BCUT2D eigenvalue weighted by Gasteiger charge is -2.35. The SMILES string of the molecule is CC1CN(Cc2ccc3c(c2)C=C(C2=CC(NC(=O)c4cnn(Cc5ccc(C(C)C)cc5)c4)=CCC2=O)C3)CC(C)O1. The summed E-state index contributed by atoms with van der Waals surface area (Å²) in [4.78, 5) is 28.5. The van der Waals surface area contributed by atoms with E-state index in [2.05, 4.69) is 91.6 Å². The Morgan fingerprint density at radius 3 is 2.51 bits per heavy atom. The lowest BCUT2D eigenvalue weighted by molar-refractivity contribution is -0.114. The van der Waals surface area contributed by atoms with Crippen molar-refractivity contribution in [3.63, 3.8) is 0 Å². The first kappa shape index (κ1) is 29.0. The second-order valence-corrected chi connectivity index (χ2v) is 12.5. The zero-order valence-corrected chi connectivity index (χ0v) is 25.5. The molecule has 6 rings (SSSR count). The fourth-order valence-electron chi connectivity index (χ4n) is 6.26. The minimum Gasteiger partial charge on any atom is -0.373 e. The molecule has 1 aromatic heterocycles. The van der Waals surface area contributed by atoms with E-state index in [1.807, 2.05) is 6.08 Å². The van der Waals surface area contributed by atoms with Crippen LogP contribution >= 0.6 is 0 Å². The van der Waals surface area contributed by atoms with Gasteiger partial charge in [0.05, 0.1) is 30.5 Å². The first-order chi connectivity index (χ1) is 20.7. The first-order valence-electron chi connectivity index (χ1n) is 15.3. The van der Waals surface area contributed by atoms with Gasteiger partial charge in [-0.05, 0) is 65.7 Å². The van der Waals surface area contributed by atoms with Gasteiger partial charge in [-0.3, -0.25) is 19.2 Å². The van der Waals surface area contributed by atoms with Crippen LogP contribution in [0.25, 0.3) is 6.08 Å². The van der Waals surface area contributed by atoms with E-state index >= 15 is 0 Å². The number of rotatable bonds is 8. The smallest absolute Gasteiger partial charge is 0.258 e. The van der Waals surface area contributed by atoms with Crippen LogP contribution in [0, 0.1) is 0 Å². The Hall–Kier alpha value is -4.07. The Morgan fingerprint density at radius 1 is 1.02 bits per heavy atom. The van der Waals surface area contributed by atoms with Crippen molar-refractivity contribution in [1.82, 2.24) is 20.0 Å². The molecule has 3 aliphatic rings. The van der Waals surface area contributed by atoms with Crippen molar-refractivity contribution in [3.8, 4) is 0 Å². The number of Topliss-reactive ketones (excluding diaryl/α,β-unsaturated/α-hetero) is 1. The maximum absolute atomic E-state index is 13.1. The maximum Gasteiger partial charge on any atom is 0.258 e. The highest BCUT2D eigenvalue weighted by atomic mass is 16.5. The van der Waals surface area contributed by atoms with Gasteiger partial charge in [-0.15, -0.1) is 0 Å². The number of amides is 1. The van der Waals surface area contributed by atoms with Crippen LogP contribution in [-0.4, -0.2) is 51.7 Å². The summed E-state index contributed by atoms with van der Waals surface area (Å²) < 4.78 is 7.66. The fraction of sp³-hybridized carbons (Fsp3) is 0.361. The van der Waals surface area contributed by atoms with Crippen molar-refractivity contribution >= 4 is 17.8 Å². The molecule has 0 radical (unpaired) electrons. The normalized spacial score (nSPS) is 20.5. The zero-order chi connectivity index (χ0) is 30.1. The lowest BCUT2D eigenvalue weighted by atomic mass is 9.93. The largest absolute Gasteiger partial charge is 0.373 e. The minimum absolute atomic E-state index is 0.0740. The van der Waals surface area contributed by atoms with Crippen LogP contribution in [0.3, 0.4) is 0 Å². The third-order valence-electron chi connectivity index (χ3n) is 8.42. The third kappa shape index (κ3) is 6.79. The van der Waals surface area contributed by atoms with Crippen LogP contribution in [0.4, 0.5) is 0 Å². The van der Waals surface area contributed by atoms with Crippen molar-refractivity contribution in [1.29, 1.82) is 0 Å². The Balaban J connectivity index is 1.10. The number of hydrogen-bond acceptors (Lipinski definition) is 5. The monoisotopic (exact) mass is 576 g/mol. The minimum atomic E-state index is -0.238. The molecular weight excluding hydrogens is 536 g/mol. The number of aromatic nitrogens is 2. The molecule has 2 aliphatic carbocycles. The summed E-state index contributed by atoms with van der Waals surface area (Å²) in [6.07, 6.45) is 10.5. The number of carbonyl (C=O) groups excluding carboxylic acids is 2. The number of carbonyl (C=O) groups is 2. The van der Waals surface area contributed by atoms with E-state index in [0.29, 0.717) is 35.7 Å². The highest BCUT2D eigenvalue weighted by molar-refractivity contribution is 6.04. The molecule has 2 atom stereocenters. The summed E-state index contributed by atoms with van der Waals surface area (Å²) in [5, 5.41) is 7.38. The van der Waals surface area contributed by atoms with Crippen molar-refractivity contribution in [2.24, 2.45) is 0 Å². The second-order valence-electron chi connectivity index (χ2n) is 12.5. The molecule has 1 saturated heterocycles. The molecule has 2 unspecified atom stereocenters. The number of ether oxygens (including phenoxy) is 1. The molecule has 0 spiro atoms. The van der Waals surface area contributed by atoms with Gasteiger partial charge >= 0.3 is 0 Å². The van der Waals surface area contributed by atoms with Crippen LogP contribution in [0.5, 0.6) is 0 Å². The molecular formula is C36H40N4O3. The van der Waals surface area contributed by atoms with Gasteiger partial charge in [0.25, 0.3) is 5.91 Å². The summed E-state index contributed by atoms with van der Waals surface area (Å²) in [6.45, 7) is 11.9. The van der Waals surface area contributed by atoms with Gasteiger partial charge < -0.3 is 10.1 Å². The molecule has 0 bridgehead atoms. The van der Waals surface area contributed by atoms with Crippen molar-refractivity contribution < 1.29 is 14.3 Å². The fourth-order valence-corrected chi connectivity index (χ4v) is 6.26. The van der Waals surface area contributed by atoms with Gasteiger partial charge in [-0.2, -0.15) is 5.10 Å². The summed E-state index contributed by atoms with van der Waals surface area (Å²) in [7, 11) is 0. The average molecular weight is 577 g/mol. The molecule has 7 nitrogen and oxygen atoms in total. The molecule has 2 heterocycles. The Labute approximate surface area is 253 Å². The summed E-state index contributed by atoms with van der Waals surface area (Å²) >= 11 is 0. The Kier molecular flexibility index (Phi) is 8.28. The standard InChI is InChI=1S/C36H40N4O3/c1-23(2)28-8-5-26(6-9-28)21-40-22-32(17-37-40)36(42)38-33-11-12-35(41)34(16-33)31-14-29-10-7-27(13-30(29)15-31)20-39-18-24(3)43-25(4)19-39/h5-11,13,15-17,22-25H,12,14,18-21H2,1-4H3,(H,38,42). The van der Waals surface area contributed by atoms with E-state index in [9.17, 15) is 9.59 Å². The molecule has 1 aliphatic heterocycles. The number of nitrogens with zero attached hydrogens (tertiary/aromatic N) is 3. The summed E-state index contributed by atoms with van der Waals surface area (Å²) in [5.41, 5.74) is 8.89. The molecule has 43 heavy (non-hydrogen) atoms. The summed E-state index contributed by atoms with van der Waals surface area (Å²) in [5.74, 6) is 0.322. The van der Waals surface area contributed by atoms with E-state index in [-0.39, 0.29) is 30.3 Å². The van der Waals surface area contributed by atoms with Gasteiger partial charge in [0.15, 0.2) is 5.78 Å². The van der Waals surface area contributed by atoms with Gasteiger partial charge in [-0.25, -0.2) is 0 Å². The quantitative estimate of drug-likeness (QED) is 0.366. The van der Waals surface area contributed by atoms with Crippen LogP contribution in [0.2, 0.25) is 0 Å². The molecule has 1 N–H and O–H groups in total. The van der Waals surface area contributed by atoms with E-state index in [1.54, 1.807) is 23.2 Å². The maximum atomic E-state index is 13.1.